The topological polar surface area (TPSA) is 181 Å². The van der Waals surface area contributed by atoms with Crippen LogP contribution < -0.4 is 0 Å². The molecule has 33 heavy (non-hydrogen) atoms. The highest BCUT2D eigenvalue weighted by Crippen LogP contribution is 2.58. The Morgan fingerprint density at radius 3 is 2.42 bits per heavy atom. The number of phenols is 1. The number of aliphatic hydroxyl groups is 4. The van der Waals surface area contributed by atoms with Gasteiger partial charge in [-0.05, 0) is 24.6 Å². The van der Waals surface area contributed by atoms with Gasteiger partial charge < -0.3 is 49.2 Å². The number of carbonyl (C=O) groups is 2. The SMILES string of the molecule is C[C@H]1O[C@@H](O[C@]23OC[C@H](O)[C@H]2OC(=O)[C@@]32OC(=O)C[C@@H]2c2ccc(O)cc2)[C@H](O)[C@@H](O)[C@H]1O. The normalized spacial score (nSPS) is 46.9. The molecule has 4 saturated heterocycles. The predicted octanol–water partition coefficient (Wildman–Crippen LogP) is -1.98. The second-order valence-electron chi connectivity index (χ2n) is 8.73. The summed E-state index contributed by atoms with van der Waals surface area (Å²) in [5.74, 6) is -5.04. The summed E-state index contributed by atoms with van der Waals surface area (Å²) in [7, 11) is 0. The zero-order valence-electron chi connectivity index (χ0n) is 17.4. The number of aromatic hydroxyl groups is 1. The van der Waals surface area contributed by atoms with E-state index in [0.29, 0.717) is 5.56 Å². The molecule has 0 radical (unpaired) electrons. The number of hydrogen-bond acceptors (Lipinski definition) is 12. The fourth-order valence-corrected chi connectivity index (χ4v) is 5.08. The van der Waals surface area contributed by atoms with Gasteiger partial charge >= 0.3 is 11.9 Å². The maximum atomic E-state index is 13.3. The van der Waals surface area contributed by atoms with Crippen LogP contribution in [-0.2, 0) is 33.3 Å². The summed E-state index contributed by atoms with van der Waals surface area (Å²) in [5.41, 5.74) is -1.78. The fraction of sp³-hybridized carbons (Fsp3) is 0.619. The van der Waals surface area contributed by atoms with Gasteiger partial charge in [-0.25, -0.2) is 4.79 Å². The van der Waals surface area contributed by atoms with Crippen LogP contribution in [0.2, 0.25) is 0 Å². The molecule has 180 valence electrons. The number of ether oxygens (including phenoxy) is 5. The third-order valence-corrected chi connectivity index (χ3v) is 6.78. The zero-order chi connectivity index (χ0) is 23.7. The smallest absolute Gasteiger partial charge is 0.357 e. The average Bonchev–Trinajstić information content (AvgIpc) is 3.37. The molecule has 0 aliphatic carbocycles. The van der Waals surface area contributed by atoms with Crippen molar-refractivity contribution in [2.24, 2.45) is 0 Å². The lowest BCUT2D eigenvalue weighted by Gasteiger charge is -2.45. The minimum absolute atomic E-state index is 0.0383. The molecule has 0 amide bonds. The highest BCUT2D eigenvalue weighted by atomic mass is 16.8. The van der Waals surface area contributed by atoms with Gasteiger partial charge in [0.25, 0.3) is 11.4 Å². The van der Waals surface area contributed by atoms with Crippen molar-refractivity contribution in [1.82, 2.24) is 0 Å². The van der Waals surface area contributed by atoms with Gasteiger partial charge in [0.15, 0.2) is 12.4 Å². The molecule has 10 atom stereocenters. The third kappa shape index (κ3) is 3.03. The van der Waals surface area contributed by atoms with Gasteiger partial charge in [-0.2, -0.15) is 0 Å². The second-order valence-corrected chi connectivity index (χ2v) is 8.73. The fourth-order valence-electron chi connectivity index (χ4n) is 5.08. The number of carbonyl (C=O) groups excluding carboxylic acids is 2. The lowest BCUT2D eigenvalue weighted by molar-refractivity contribution is -0.386. The highest BCUT2D eigenvalue weighted by Gasteiger charge is 2.82. The molecule has 5 rings (SSSR count). The standard InChI is InChI=1S/C21H24O12/c1-8-14(25)15(26)16(27)18(30-8)33-21-17(12(23)7-29-21)31-19(28)20(21)11(6-13(24)32-20)9-2-4-10(22)5-3-9/h2-5,8,11-12,14-18,22-23,25-27H,6-7H2,1H3/t8-,11-,12+,14+,15+,16-,17-,18+,20-,21-/m1/s1. The van der Waals surface area contributed by atoms with Crippen LogP contribution in [0.4, 0.5) is 0 Å². The number of aliphatic hydroxyl groups excluding tert-OH is 4. The minimum atomic E-state index is -2.23. The summed E-state index contributed by atoms with van der Waals surface area (Å²) in [6, 6.07) is 5.74. The van der Waals surface area contributed by atoms with Crippen LogP contribution in [0.15, 0.2) is 24.3 Å². The Hall–Kier alpha value is -2.32. The van der Waals surface area contributed by atoms with E-state index >= 15 is 0 Å². The minimum Gasteiger partial charge on any atom is -0.508 e. The van der Waals surface area contributed by atoms with Crippen LogP contribution in [-0.4, -0.2) is 98.4 Å². The van der Waals surface area contributed by atoms with Crippen molar-refractivity contribution in [3.05, 3.63) is 29.8 Å². The molecule has 0 unspecified atom stereocenters. The second kappa shape index (κ2) is 7.60. The lowest BCUT2D eigenvalue weighted by Crippen LogP contribution is -2.66. The lowest BCUT2D eigenvalue weighted by atomic mass is 9.75. The van der Waals surface area contributed by atoms with Crippen LogP contribution >= 0.6 is 0 Å². The molecular weight excluding hydrogens is 444 g/mol. The first kappa shape index (κ1) is 22.5. The molecule has 0 saturated carbocycles. The molecule has 12 nitrogen and oxygen atoms in total. The summed E-state index contributed by atoms with van der Waals surface area (Å²) in [5, 5.41) is 50.8. The van der Waals surface area contributed by atoms with Gasteiger partial charge in [-0.3, -0.25) is 4.79 Å². The van der Waals surface area contributed by atoms with E-state index in [9.17, 15) is 35.1 Å². The van der Waals surface area contributed by atoms with Crippen molar-refractivity contribution in [2.45, 2.75) is 73.6 Å². The van der Waals surface area contributed by atoms with Crippen LogP contribution in [0.25, 0.3) is 0 Å². The first-order valence-electron chi connectivity index (χ1n) is 10.5. The Kier molecular flexibility index (Phi) is 5.17. The summed E-state index contributed by atoms with van der Waals surface area (Å²) >= 11 is 0. The number of phenolic OH excluding ortho intramolecular Hbond substituents is 1. The van der Waals surface area contributed by atoms with Gasteiger partial charge in [-0.15, -0.1) is 0 Å². The Balaban J connectivity index is 1.60. The van der Waals surface area contributed by atoms with Crippen molar-refractivity contribution >= 4 is 11.9 Å². The van der Waals surface area contributed by atoms with Crippen LogP contribution in [0.5, 0.6) is 5.75 Å². The van der Waals surface area contributed by atoms with Crippen molar-refractivity contribution in [2.75, 3.05) is 6.61 Å². The van der Waals surface area contributed by atoms with E-state index < -0.39 is 72.2 Å². The molecule has 1 aromatic carbocycles. The molecule has 12 heteroatoms. The van der Waals surface area contributed by atoms with Crippen molar-refractivity contribution in [1.29, 1.82) is 0 Å². The highest BCUT2D eigenvalue weighted by molar-refractivity contribution is 5.92. The Bertz CT molecular complexity index is 951. The molecule has 0 aromatic heterocycles. The van der Waals surface area contributed by atoms with Crippen LogP contribution in [0.3, 0.4) is 0 Å². The van der Waals surface area contributed by atoms with Gasteiger partial charge in [0.05, 0.1) is 25.0 Å². The first-order chi connectivity index (χ1) is 15.6. The van der Waals surface area contributed by atoms with Gasteiger partial charge in [0.2, 0.25) is 0 Å². The molecule has 1 aromatic rings. The Labute approximate surface area is 187 Å². The molecular formula is C21H24O12. The van der Waals surface area contributed by atoms with E-state index in [4.69, 9.17) is 23.7 Å². The monoisotopic (exact) mass is 468 g/mol. The van der Waals surface area contributed by atoms with Gasteiger partial charge in [0.1, 0.15) is 30.2 Å². The number of hydrogen-bond donors (Lipinski definition) is 5. The summed E-state index contributed by atoms with van der Waals surface area (Å²) in [6.45, 7) is 1.10. The maximum absolute atomic E-state index is 13.3. The largest absolute Gasteiger partial charge is 0.508 e. The van der Waals surface area contributed by atoms with E-state index in [1.807, 2.05) is 0 Å². The molecule has 4 aliphatic heterocycles. The van der Waals surface area contributed by atoms with E-state index in [1.54, 1.807) is 0 Å². The van der Waals surface area contributed by atoms with Gasteiger partial charge in [0, 0.05) is 0 Å². The van der Waals surface area contributed by atoms with E-state index in [1.165, 1.54) is 31.2 Å². The number of benzene rings is 1. The molecule has 1 spiro atoms. The Morgan fingerprint density at radius 1 is 1.03 bits per heavy atom. The number of esters is 2. The molecule has 5 N–H and O–H groups in total. The van der Waals surface area contributed by atoms with Crippen LogP contribution in [0.1, 0.15) is 24.8 Å². The summed E-state index contributed by atoms with van der Waals surface area (Å²) in [4.78, 5) is 25.8. The third-order valence-electron chi connectivity index (χ3n) is 6.78. The molecule has 4 aliphatic rings. The summed E-state index contributed by atoms with van der Waals surface area (Å²) in [6.07, 6.45) is -10.5. The molecule has 4 heterocycles. The molecule has 4 fully saturated rings. The average molecular weight is 468 g/mol. The van der Waals surface area contributed by atoms with E-state index in [0.717, 1.165) is 0 Å². The zero-order valence-corrected chi connectivity index (χ0v) is 17.4. The van der Waals surface area contributed by atoms with E-state index in [2.05, 4.69) is 0 Å². The Morgan fingerprint density at radius 2 is 1.73 bits per heavy atom. The quantitative estimate of drug-likeness (QED) is 0.309. The van der Waals surface area contributed by atoms with E-state index in [-0.39, 0.29) is 18.8 Å². The maximum Gasteiger partial charge on any atom is 0.357 e. The number of rotatable bonds is 3. The van der Waals surface area contributed by atoms with Crippen molar-refractivity contribution in [3.8, 4) is 5.75 Å². The predicted molar refractivity (Wildman–Crippen MR) is 102 cm³/mol. The summed E-state index contributed by atoms with van der Waals surface area (Å²) < 4.78 is 28.2. The number of fused-ring (bicyclic) bond motifs is 2. The van der Waals surface area contributed by atoms with Gasteiger partial charge in [-0.1, -0.05) is 12.1 Å². The van der Waals surface area contributed by atoms with Crippen LogP contribution in [0, 0.1) is 0 Å². The molecule has 0 bridgehead atoms. The first-order valence-corrected chi connectivity index (χ1v) is 10.5. The van der Waals surface area contributed by atoms with Crippen molar-refractivity contribution in [3.63, 3.8) is 0 Å². The van der Waals surface area contributed by atoms with Crippen molar-refractivity contribution < 1.29 is 58.8 Å².